The SMILES string of the molecule is NC[C@@H]1[C@H](O)CCN1c1nc(Nc2ccc(C(=O)Oc3ccccc3)c(O)c2)nc(N2C[C@H](N)C[C@H](N)C2)n1. The Hall–Kier alpha value is -4.04. The van der Waals surface area contributed by atoms with Gasteiger partial charge in [0.05, 0.1) is 12.1 Å². The lowest BCUT2D eigenvalue weighted by Crippen LogP contribution is -2.53. The molecule has 0 aliphatic carbocycles. The molecule has 0 radical (unpaired) electrons. The molecule has 2 saturated heterocycles. The average molecular weight is 536 g/mol. The third-order valence-electron chi connectivity index (χ3n) is 6.85. The normalized spacial score (nSPS) is 23.1. The number of phenolic OH excluding ortho intramolecular Hbond substituents is 1. The van der Waals surface area contributed by atoms with Crippen molar-refractivity contribution in [2.75, 3.05) is 41.3 Å². The Morgan fingerprint density at radius 3 is 2.46 bits per heavy atom. The van der Waals surface area contributed by atoms with Crippen molar-refractivity contribution >= 4 is 29.5 Å². The van der Waals surface area contributed by atoms with Crippen molar-refractivity contribution in [3.8, 4) is 11.5 Å². The van der Waals surface area contributed by atoms with E-state index in [9.17, 15) is 15.0 Å². The number of aromatic hydroxyl groups is 1. The quantitative estimate of drug-likeness (QED) is 0.178. The van der Waals surface area contributed by atoms with Gasteiger partial charge in [-0.15, -0.1) is 0 Å². The molecule has 5 rings (SSSR count). The van der Waals surface area contributed by atoms with Crippen LogP contribution in [0.5, 0.6) is 11.5 Å². The number of hydrogen-bond acceptors (Lipinski definition) is 13. The van der Waals surface area contributed by atoms with Gasteiger partial charge in [-0.25, -0.2) is 4.79 Å². The molecule has 2 fully saturated rings. The number of rotatable bonds is 7. The van der Waals surface area contributed by atoms with E-state index in [0.717, 1.165) is 0 Å². The molecule has 39 heavy (non-hydrogen) atoms. The van der Waals surface area contributed by atoms with Gasteiger partial charge >= 0.3 is 5.97 Å². The number of esters is 1. The van der Waals surface area contributed by atoms with Gasteiger partial charge < -0.3 is 47.3 Å². The summed E-state index contributed by atoms with van der Waals surface area (Å²) in [5.41, 5.74) is 18.8. The number of phenols is 1. The molecule has 2 aromatic carbocycles. The maximum absolute atomic E-state index is 12.6. The lowest BCUT2D eigenvalue weighted by Gasteiger charge is -2.35. The third kappa shape index (κ3) is 6.01. The van der Waals surface area contributed by atoms with Crippen molar-refractivity contribution in [2.45, 2.75) is 37.1 Å². The van der Waals surface area contributed by atoms with E-state index in [1.54, 1.807) is 30.3 Å². The second-order valence-corrected chi connectivity index (χ2v) is 9.83. The fourth-order valence-corrected chi connectivity index (χ4v) is 4.95. The van der Waals surface area contributed by atoms with Crippen LogP contribution in [0, 0.1) is 0 Å². The van der Waals surface area contributed by atoms with E-state index in [-0.39, 0.29) is 41.9 Å². The molecule has 3 heterocycles. The molecule has 0 unspecified atom stereocenters. The number of nitrogens with two attached hydrogens (primary N) is 3. The summed E-state index contributed by atoms with van der Waals surface area (Å²) in [7, 11) is 0. The van der Waals surface area contributed by atoms with Crippen LogP contribution < -0.4 is 37.1 Å². The zero-order valence-corrected chi connectivity index (χ0v) is 21.3. The van der Waals surface area contributed by atoms with Crippen LogP contribution in [0.2, 0.25) is 0 Å². The van der Waals surface area contributed by atoms with E-state index in [1.165, 1.54) is 12.1 Å². The minimum atomic E-state index is -0.687. The summed E-state index contributed by atoms with van der Waals surface area (Å²) < 4.78 is 5.33. The van der Waals surface area contributed by atoms with Gasteiger partial charge in [-0.05, 0) is 37.1 Å². The summed E-state index contributed by atoms with van der Waals surface area (Å²) in [4.78, 5) is 30.2. The molecular weight excluding hydrogens is 502 g/mol. The molecule has 0 spiro atoms. The van der Waals surface area contributed by atoms with Gasteiger partial charge in [0.1, 0.15) is 17.1 Å². The average Bonchev–Trinajstić information content (AvgIpc) is 3.29. The highest BCUT2D eigenvalue weighted by Gasteiger charge is 2.35. The first-order valence-corrected chi connectivity index (χ1v) is 12.8. The second-order valence-electron chi connectivity index (χ2n) is 9.83. The highest BCUT2D eigenvalue weighted by molar-refractivity contribution is 5.94. The van der Waals surface area contributed by atoms with Crippen molar-refractivity contribution in [1.82, 2.24) is 15.0 Å². The number of para-hydroxylation sites is 1. The van der Waals surface area contributed by atoms with E-state index in [0.29, 0.717) is 55.8 Å². The van der Waals surface area contributed by atoms with Gasteiger partial charge in [-0.2, -0.15) is 15.0 Å². The van der Waals surface area contributed by atoms with E-state index in [1.807, 2.05) is 15.9 Å². The fourth-order valence-electron chi connectivity index (χ4n) is 4.95. The maximum atomic E-state index is 12.6. The van der Waals surface area contributed by atoms with E-state index in [4.69, 9.17) is 21.9 Å². The van der Waals surface area contributed by atoms with Crippen LogP contribution in [0.15, 0.2) is 48.5 Å². The highest BCUT2D eigenvalue weighted by Crippen LogP contribution is 2.29. The number of aliphatic hydroxyl groups is 1. The molecule has 4 atom stereocenters. The van der Waals surface area contributed by atoms with Crippen molar-refractivity contribution in [3.05, 3.63) is 54.1 Å². The Morgan fingerprint density at radius 1 is 1.05 bits per heavy atom. The molecule has 13 nitrogen and oxygen atoms in total. The molecule has 13 heteroatoms. The maximum Gasteiger partial charge on any atom is 0.347 e. The monoisotopic (exact) mass is 535 g/mol. The molecule has 0 amide bonds. The number of carbonyl (C=O) groups is 1. The van der Waals surface area contributed by atoms with Crippen LogP contribution in [-0.2, 0) is 0 Å². The predicted octanol–water partition coefficient (Wildman–Crippen LogP) is 0.303. The zero-order chi connectivity index (χ0) is 27.5. The number of piperidine rings is 1. The fraction of sp³-hybridized carbons (Fsp3) is 0.385. The number of anilines is 4. The van der Waals surface area contributed by atoms with Crippen LogP contribution in [0.25, 0.3) is 0 Å². The summed E-state index contributed by atoms with van der Waals surface area (Å²) in [6.45, 7) is 1.82. The standard InChI is InChI=1S/C26H33N9O4/c27-12-20-21(36)8-9-35(20)26-32-24(31-25(33-26)34-13-15(28)10-16(29)14-34)30-17-6-7-19(22(37)11-17)23(38)39-18-4-2-1-3-5-18/h1-7,11,15-16,20-21,36-37H,8-10,12-14,27-29H2,(H,30,31,32,33)/t15-,16+,20-,21-/m1/s1. The summed E-state index contributed by atoms with van der Waals surface area (Å²) in [5.74, 6) is 0.364. The first-order chi connectivity index (χ1) is 18.8. The molecule has 9 N–H and O–H groups in total. The Bertz CT molecular complexity index is 1300. The lowest BCUT2D eigenvalue weighted by atomic mass is 10.0. The largest absolute Gasteiger partial charge is 0.507 e. The van der Waals surface area contributed by atoms with Gasteiger partial charge in [0.15, 0.2) is 0 Å². The van der Waals surface area contributed by atoms with Gasteiger partial charge in [0.2, 0.25) is 17.8 Å². The van der Waals surface area contributed by atoms with Crippen molar-refractivity contribution in [2.24, 2.45) is 17.2 Å². The molecule has 2 aliphatic heterocycles. The molecule has 0 bridgehead atoms. The molecule has 0 saturated carbocycles. The summed E-state index contributed by atoms with van der Waals surface area (Å²) >= 11 is 0. The van der Waals surface area contributed by atoms with E-state index >= 15 is 0 Å². The Morgan fingerprint density at radius 2 is 1.77 bits per heavy atom. The number of ether oxygens (including phenoxy) is 1. The first-order valence-electron chi connectivity index (χ1n) is 12.8. The number of nitrogens with zero attached hydrogens (tertiary/aromatic N) is 5. The van der Waals surface area contributed by atoms with Crippen LogP contribution in [0.4, 0.5) is 23.5 Å². The highest BCUT2D eigenvalue weighted by atomic mass is 16.5. The smallest absolute Gasteiger partial charge is 0.347 e. The number of carbonyl (C=O) groups excluding carboxylic acids is 1. The molecule has 206 valence electrons. The van der Waals surface area contributed by atoms with E-state index in [2.05, 4.69) is 20.3 Å². The van der Waals surface area contributed by atoms with Gasteiger partial charge in [-0.1, -0.05) is 18.2 Å². The van der Waals surface area contributed by atoms with Gasteiger partial charge in [-0.3, -0.25) is 0 Å². The number of nitrogens with one attached hydrogen (secondary N) is 1. The Labute approximate surface area is 225 Å². The summed E-state index contributed by atoms with van der Waals surface area (Å²) in [6, 6.07) is 12.5. The Kier molecular flexibility index (Phi) is 7.74. The van der Waals surface area contributed by atoms with Crippen molar-refractivity contribution in [1.29, 1.82) is 0 Å². The van der Waals surface area contributed by atoms with Crippen molar-refractivity contribution < 1.29 is 19.7 Å². The van der Waals surface area contributed by atoms with Crippen LogP contribution in [-0.4, -0.2) is 81.5 Å². The van der Waals surface area contributed by atoms with Crippen LogP contribution in [0.1, 0.15) is 23.2 Å². The number of aromatic nitrogens is 3. The van der Waals surface area contributed by atoms with Gasteiger partial charge in [0.25, 0.3) is 0 Å². The molecule has 3 aromatic rings. The molecule has 2 aliphatic rings. The molecular formula is C26H33N9O4. The van der Waals surface area contributed by atoms with Crippen molar-refractivity contribution in [3.63, 3.8) is 0 Å². The lowest BCUT2D eigenvalue weighted by molar-refractivity contribution is 0.0731. The zero-order valence-electron chi connectivity index (χ0n) is 21.3. The van der Waals surface area contributed by atoms with Crippen LogP contribution in [0.3, 0.4) is 0 Å². The Balaban J connectivity index is 1.42. The minimum absolute atomic E-state index is 0.00885. The summed E-state index contributed by atoms with van der Waals surface area (Å²) in [5, 5.41) is 24.1. The van der Waals surface area contributed by atoms with E-state index < -0.39 is 12.1 Å². The second kappa shape index (κ2) is 11.4. The summed E-state index contributed by atoms with van der Waals surface area (Å²) in [6.07, 6.45) is 0.647. The topological polar surface area (TPSA) is 202 Å². The third-order valence-corrected chi connectivity index (χ3v) is 6.85. The number of aliphatic hydroxyl groups excluding tert-OH is 1. The number of hydrogen-bond donors (Lipinski definition) is 6. The van der Waals surface area contributed by atoms with Crippen LogP contribution >= 0.6 is 0 Å². The number of benzene rings is 2. The predicted molar refractivity (Wildman–Crippen MR) is 146 cm³/mol. The minimum Gasteiger partial charge on any atom is -0.507 e. The first kappa shape index (κ1) is 26.6. The molecule has 1 aromatic heterocycles. The van der Waals surface area contributed by atoms with Gasteiger partial charge in [0, 0.05) is 50.0 Å².